The highest BCUT2D eigenvalue weighted by atomic mass is 16.3. The summed E-state index contributed by atoms with van der Waals surface area (Å²) < 4.78 is 0. The molecule has 0 bridgehead atoms. The molecule has 0 aliphatic rings. The molecule has 3 unspecified atom stereocenters. The van der Waals surface area contributed by atoms with Crippen LogP contribution in [-0.2, 0) is 4.79 Å². The van der Waals surface area contributed by atoms with Gasteiger partial charge in [0.15, 0.2) is 0 Å². The molecule has 0 saturated heterocycles. The fourth-order valence-corrected chi connectivity index (χ4v) is 5.88. The highest BCUT2D eigenvalue weighted by Gasteiger charge is 2.28. The molecular formula is C35H70N2O4. The second-order valence-corrected chi connectivity index (χ2v) is 12.6. The van der Waals surface area contributed by atoms with E-state index >= 15 is 0 Å². The second kappa shape index (κ2) is 30.3. The molecule has 0 saturated carbocycles. The highest BCUT2D eigenvalue weighted by molar-refractivity contribution is 5.94. The van der Waals surface area contributed by atoms with E-state index < -0.39 is 30.1 Å². The van der Waals surface area contributed by atoms with Gasteiger partial charge >= 0.3 is 6.03 Å². The van der Waals surface area contributed by atoms with E-state index in [0.29, 0.717) is 12.8 Å². The van der Waals surface area contributed by atoms with Crippen LogP contribution in [0.1, 0.15) is 194 Å². The van der Waals surface area contributed by atoms with Gasteiger partial charge in [-0.15, -0.1) is 0 Å². The molecular weight excluding hydrogens is 512 g/mol. The van der Waals surface area contributed by atoms with Gasteiger partial charge < -0.3 is 15.9 Å². The predicted octanol–water partition coefficient (Wildman–Crippen LogP) is 9.48. The number of nitrogens with two attached hydrogens (primary N) is 1. The Morgan fingerprint density at radius 1 is 0.537 bits per heavy atom. The van der Waals surface area contributed by atoms with Crippen molar-refractivity contribution in [2.45, 2.75) is 206 Å². The molecule has 0 fully saturated rings. The molecule has 3 atom stereocenters. The van der Waals surface area contributed by atoms with Crippen LogP contribution >= 0.6 is 0 Å². The Labute approximate surface area is 254 Å². The summed E-state index contributed by atoms with van der Waals surface area (Å²) in [6, 6.07) is -0.894. The lowest BCUT2D eigenvalue weighted by Crippen LogP contribution is -2.43. The zero-order valence-corrected chi connectivity index (χ0v) is 27.3. The molecule has 0 aromatic rings. The Morgan fingerprint density at radius 2 is 0.854 bits per heavy atom. The number of aliphatic hydroxyl groups excluding tert-OH is 2. The van der Waals surface area contributed by atoms with Gasteiger partial charge in [-0.05, 0) is 19.3 Å². The molecule has 0 heterocycles. The molecule has 244 valence electrons. The van der Waals surface area contributed by atoms with Crippen LogP contribution in [0.4, 0.5) is 4.79 Å². The normalized spacial score (nSPS) is 13.7. The van der Waals surface area contributed by atoms with E-state index in [0.717, 1.165) is 32.1 Å². The summed E-state index contributed by atoms with van der Waals surface area (Å²) >= 11 is 0. The third-order valence-electron chi connectivity index (χ3n) is 8.57. The minimum Gasteiger partial charge on any atom is -0.393 e. The molecule has 41 heavy (non-hydrogen) atoms. The molecule has 6 nitrogen and oxygen atoms in total. The molecule has 0 aliphatic heterocycles. The number of rotatable bonds is 31. The van der Waals surface area contributed by atoms with Crippen LogP contribution in [0, 0.1) is 5.92 Å². The third-order valence-corrected chi connectivity index (χ3v) is 8.57. The van der Waals surface area contributed by atoms with Crippen molar-refractivity contribution in [1.82, 2.24) is 5.32 Å². The standard InChI is InChI=1S/C35H70N2O4/c1-3-5-7-9-11-13-15-17-18-20-22-24-26-28-31(38)30-33(39)32(34(40)37-35(36)41)29-27-25-23-21-19-16-14-12-10-8-6-4-2/h31-33,38-39H,3-30H2,1-2H3,(H3,36,37,40,41). The average Bonchev–Trinajstić information content (AvgIpc) is 2.93. The lowest BCUT2D eigenvalue weighted by atomic mass is 9.89. The Balaban J connectivity index is 4.02. The number of aliphatic hydroxyl groups is 2. The summed E-state index contributed by atoms with van der Waals surface area (Å²) in [4.78, 5) is 23.8. The van der Waals surface area contributed by atoms with Crippen molar-refractivity contribution in [3.63, 3.8) is 0 Å². The Kier molecular flexibility index (Phi) is 29.5. The summed E-state index contributed by atoms with van der Waals surface area (Å²) in [5.41, 5.74) is 5.16. The summed E-state index contributed by atoms with van der Waals surface area (Å²) in [7, 11) is 0. The number of imide groups is 1. The molecule has 0 aliphatic carbocycles. The van der Waals surface area contributed by atoms with Crippen molar-refractivity contribution in [3.05, 3.63) is 0 Å². The van der Waals surface area contributed by atoms with Crippen molar-refractivity contribution in [2.75, 3.05) is 0 Å². The summed E-state index contributed by atoms with van der Waals surface area (Å²) in [5.74, 6) is -1.24. The molecule has 0 radical (unpaired) electrons. The van der Waals surface area contributed by atoms with Crippen LogP contribution in [-0.4, -0.2) is 34.4 Å². The van der Waals surface area contributed by atoms with Gasteiger partial charge in [0.05, 0.1) is 18.1 Å². The third kappa shape index (κ3) is 27.4. The van der Waals surface area contributed by atoms with E-state index in [4.69, 9.17) is 5.73 Å². The van der Waals surface area contributed by atoms with E-state index in [9.17, 15) is 19.8 Å². The Hall–Kier alpha value is -1.14. The maximum atomic E-state index is 12.5. The van der Waals surface area contributed by atoms with Crippen LogP contribution in [0.15, 0.2) is 0 Å². The topological polar surface area (TPSA) is 113 Å². The number of primary amides is 1. The van der Waals surface area contributed by atoms with E-state index in [1.807, 2.05) is 0 Å². The molecule has 3 amide bonds. The quantitative estimate of drug-likeness (QED) is 0.0610. The fourth-order valence-electron chi connectivity index (χ4n) is 5.88. The van der Waals surface area contributed by atoms with Gasteiger partial charge in [-0.2, -0.15) is 0 Å². The van der Waals surface area contributed by atoms with E-state index in [1.165, 1.54) is 128 Å². The second-order valence-electron chi connectivity index (χ2n) is 12.6. The Bertz CT molecular complexity index is 587. The zero-order valence-electron chi connectivity index (χ0n) is 27.3. The van der Waals surface area contributed by atoms with Crippen LogP contribution in [0.5, 0.6) is 0 Å². The average molecular weight is 583 g/mol. The lowest BCUT2D eigenvalue weighted by molar-refractivity contribution is -0.128. The maximum Gasteiger partial charge on any atom is 0.318 e. The molecule has 0 spiro atoms. The Morgan fingerprint density at radius 3 is 1.20 bits per heavy atom. The molecule has 0 rings (SSSR count). The van der Waals surface area contributed by atoms with Crippen LogP contribution in [0.2, 0.25) is 0 Å². The van der Waals surface area contributed by atoms with Crippen LogP contribution in [0.25, 0.3) is 0 Å². The smallest absolute Gasteiger partial charge is 0.318 e. The van der Waals surface area contributed by atoms with Crippen molar-refractivity contribution in [2.24, 2.45) is 11.7 Å². The SMILES string of the molecule is CCCCCCCCCCCCCCCC(O)CC(O)C(CCCCCCCCCCCCCC)C(=O)NC(N)=O. The lowest BCUT2D eigenvalue weighted by Gasteiger charge is -2.24. The van der Waals surface area contributed by atoms with Gasteiger partial charge in [-0.3, -0.25) is 10.1 Å². The number of hydrogen-bond acceptors (Lipinski definition) is 4. The number of nitrogens with one attached hydrogen (secondary N) is 1. The van der Waals surface area contributed by atoms with Crippen molar-refractivity contribution >= 4 is 11.9 Å². The van der Waals surface area contributed by atoms with Crippen LogP contribution in [0.3, 0.4) is 0 Å². The first kappa shape index (κ1) is 39.9. The molecule has 0 aromatic carbocycles. The first-order valence-corrected chi connectivity index (χ1v) is 17.9. The summed E-state index contributed by atoms with van der Waals surface area (Å²) in [5, 5.41) is 23.4. The van der Waals surface area contributed by atoms with Gasteiger partial charge in [0, 0.05) is 0 Å². The van der Waals surface area contributed by atoms with Crippen molar-refractivity contribution in [3.8, 4) is 0 Å². The minimum atomic E-state index is -0.973. The number of carbonyl (C=O) groups is 2. The first-order valence-electron chi connectivity index (χ1n) is 17.9. The van der Waals surface area contributed by atoms with Crippen molar-refractivity contribution in [1.29, 1.82) is 0 Å². The van der Waals surface area contributed by atoms with Gasteiger partial charge in [-0.25, -0.2) is 4.79 Å². The number of carbonyl (C=O) groups excluding carboxylic acids is 2. The summed E-state index contributed by atoms with van der Waals surface area (Å²) in [6.07, 6.45) is 31.1. The van der Waals surface area contributed by atoms with E-state index in [1.54, 1.807) is 0 Å². The van der Waals surface area contributed by atoms with Gasteiger partial charge in [-0.1, -0.05) is 174 Å². The minimum absolute atomic E-state index is 0.160. The van der Waals surface area contributed by atoms with Gasteiger partial charge in [0.1, 0.15) is 0 Å². The van der Waals surface area contributed by atoms with E-state index in [2.05, 4.69) is 19.2 Å². The van der Waals surface area contributed by atoms with Gasteiger partial charge in [0.2, 0.25) is 5.91 Å². The first-order chi connectivity index (χ1) is 19.9. The largest absolute Gasteiger partial charge is 0.393 e. The van der Waals surface area contributed by atoms with E-state index in [-0.39, 0.29) is 6.42 Å². The summed E-state index contributed by atoms with van der Waals surface area (Å²) in [6.45, 7) is 4.51. The fraction of sp³-hybridized carbons (Fsp3) is 0.943. The van der Waals surface area contributed by atoms with Crippen molar-refractivity contribution < 1.29 is 19.8 Å². The number of unbranched alkanes of at least 4 members (excludes halogenated alkanes) is 23. The number of urea groups is 1. The highest BCUT2D eigenvalue weighted by Crippen LogP contribution is 2.22. The maximum absolute atomic E-state index is 12.5. The zero-order chi connectivity index (χ0) is 30.4. The number of amides is 3. The monoisotopic (exact) mass is 583 g/mol. The van der Waals surface area contributed by atoms with Gasteiger partial charge in [0.25, 0.3) is 0 Å². The molecule has 0 aromatic heterocycles. The number of hydrogen-bond donors (Lipinski definition) is 4. The van der Waals surface area contributed by atoms with Crippen LogP contribution < -0.4 is 11.1 Å². The molecule has 5 N–H and O–H groups in total. The molecule has 6 heteroatoms. The predicted molar refractivity (Wildman–Crippen MR) is 174 cm³/mol.